The van der Waals surface area contributed by atoms with Crippen molar-refractivity contribution in [3.63, 3.8) is 0 Å². The molecule has 84 valence electrons. The Morgan fingerprint density at radius 3 is 2.07 bits per heavy atom. The highest BCUT2D eigenvalue weighted by Gasteiger charge is 2.41. The molecule has 0 heterocycles. The van der Waals surface area contributed by atoms with Gasteiger partial charge in [0, 0.05) is 13.2 Å². The number of methoxy groups -OCH3 is 1. The molecule has 1 rings (SSSR count). The molecule has 1 aliphatic rings. The summed E-state index contributed by atoms with van der Waals surface area (Å²) < 4.78 is 5.70. The van der Waals surface area contributed by atoms with E-state index < -0.39 is 0 Å². The number of hydrogen-bond acceptors (Lipinski definition) is 2. The van der Waals surface area contributed by atoms with Crippen LogP contribution in [0, 0.1) is 5.41 Å². The minimum absolute atomic E-state index is 0.0374. The van der Waals surface area contributed by atoms with Crippen molar-refractivity contribution in [3.05, 3.63) is 0 Å². The van der Waals surface area contributed by atoms with E-state index in [1.165, 1.54) is 12.8 Å². The molecule has 0 saturated heterocycles. The normalized spacial score (nSPS) is 27.2. The van der Waals surface area contributed by atoms with E-state index in [0.29, 0.717) is 5.41 Å². The topological polar surface area (TPSA) is 35.2 Å². The highest BCUT2D eigenvalue weighted by atomic mass is 16.5. The lowest BCUT2D eigenvalue weighted by Gasteiger charge is -2.45. The van der Waals surface area contributed by atoms with E-state index in [4.69, 9.17) is 10.5 Å². The Kier molecular flexibility index (Phi) is 3.59. The van der Waals surface area contributed by atoms with Crippen molar-refractivity contribution in [2.75, 3.05) is 7.11 Å². The van der Waals surface area contributed by atoms with Gasteiger partial charge in [-0.1, -0.05) is 20.8 Å². The fourth-order valence-corrected chi connectivity index (χ4v) is 2.45. The standard InChI is InChI=1S/C12H25NO/c1-5-10(13)12(14-4)8-6-11(2,3)7-9-12/h10H,5-9,13H2,1-4H3. The lowest BCUT2D eigenvalue weighted by atomic mass is 9.68. The molecular weight excluding hydrogens is 174 g/mol. The predicted octanol–water partition coefficient (Wildman–Crippen LogP) is 2.71. The number of rotatable bonds is 3. The second-order valence-electron chi connectivity index (χ2n) is 5.45. The molecule has 0 bridgehead atoms. The van der Waals surface area contributed by atoms with Gasteiger partial charge >= 0.3 is 0 Å². The van der Waals surface area contributed by atoms with Crippen LogP contribution in [0.25, 0.3) is 0 Å². The Labute approximate surface area is 88.2 Å². The van der Waals surface area contributed by atoms with E-state index in [1.54, 1.807) is 0 Å². The summed E-state index contributed by atoms with van der Waals surface area (Å²) in [5, 5.41) is 0. The Morgan fingerprint density at radius 1 is 1.21 bits per heavy atom. The van der Waals surface area contributed by atoms with Crippen LogP contribution in [-0.2, 0) is 4.74 Å². The Bertz CT molecular complexity index is 179. The monoisotopic (exact) mass is 199 g/mol. The van der Waals surface area contributed by atoms with Gasteiger partial charge in [0.2, 0.25) is 0 Å². The highest BCUT2D eigenvalue weighted by Crippen LogP contribution is 2.43. The van der Waals surface area contributed by atoms with E-state index in [-0.39, 0.29) is 11.6 Å². The van der Waals surface area contributed by atoms with E-state index in [9.17, 15) is 0 Å². The largest absolute Gasteiger partial charge is 0.377 e. The number of ether oxygens (including phenoxy) is 1. The maximum atomic E-state index is 6.16. The van der Waals surface area contributed by atoms with Crippen molar-refractivity contribution in [3.8, 4) is 0 Å². The molecule has 1 aliphatic carbocycles. The molecule has 1 atom stereocenters. The molecule has 2 heteroatoms. The molecule has 0 aliphatic heterocycles. The third kappa shape index (κ3) is 2.29. The molecule has 2 nitrogen and oxygen atoms in total. The number of nitrogens with two attached hydrogens (primary N) is 1. The van der Waals surface area contributed by atoms with Crippen molar-refractivity contribution >= 4 is 0 Å². The van der Waals surface area contributed by atoms with Crippen LogP contribution in [-0.4, -0.2) is 18.8 Å². The quantitative estimate of drug-likeness (QED) is 0.758. The third-order valence-electron chi connectivity index (χ3n) is 3.97. The van der Waals surface area contributed by atoms with Crippen LogP contribution in [0.5, 0.6) is 0 Å². The second kappa shape index (κ2) is 4.19. The third-order valence-corrected chi connectivity index (χ3v) is 3.97. The van der Waals surface area contributed by atoms with E-state index >= 15 is 0 Å². The van der Waals surface area contributed by atoms with E-state index in [0.717, 1.165) is 19.3 Å². The highest BCUT2D eigenvalue weighted by molar-refractivity contribution is 4.96. The molecule has 1 unspecified atom stereocenters. The molecule has 0 spiro atoms. The number of hydrogen-bond donors (Lipinski definition) is 1. The van der Waals surface area contributed by atoms with Gasteiger partial charge in [0.1, 0.15) is 0 Å². The summed E-state index contributed by atoms with van der Waals surface area (Å²) in [5.74, 6) is 0. The Morgan fingerprint density at radius 2 is 1.71 bits per heavy atom. The van der Waals surface area contributed by atoms with Crippen LogP contribution in [0.4, 0.5) is 0 Å². The first-order valence-electron chi connectivity index (χ1n) is 5.76. The molecular formula is C12H25NO. The van der Waals surface area contributed by atoms with Gasteiger partial charge in [0.25, 0.3) is 0 Å². The van der Waals surface area contributed by atoms with Crippen LogP contribution in [0.1, 0.15) is 52.9 Å². The summed E-state index contributed by atoms with van der Waals surface area (Å²) in [6.45, 7) is 6.82. The fourth-order valence-electron chi connectivity index (χ4n) is 2.45. The van der Waals surface area contributed by atoms with Crippen LogP contribution in [0.3, 0.4) is 0 Å². The molecule has 14 heavy (non-hydrogen) atoms. The average molecular weight is 199 g/mol. The van der Waals surface area contributed by atoms with E-state index in [2.05, 4.69) is 20.8 Å². The zero-order valence-electron chi connectivity index (χ0n) is 10.1. The molecule has 0 aromatic heterocycles. The lowest BCUT2D eigenvalue weighted by molar-refractivity contribution is -0.0788. The van der Waals surface area contributed by atoms with Crippen molar-refractivity contribution in [1.29, 1.82) is 0 Å². The summed E-state index contributed by atoms with van der Waals surface area (Å²) in [6.07, 6.45) is 5.70. The van der Waals surface area contributed by atoms with Gasteiger partial charge < -0.3 is 10.5 Å². The van der Waals surface area contributed by atoms with E-state index in [1.807, 2.05) is 7.11 Å². The molecule has 2 N–H and O–H groups in total. The summed E-state index contributed by atoms with van der Waals surface area (Å²) in [4.78, 5) is 0. The molecule has 0 radical (unpaired) electrons. The minimum atomic E-state index is -0.0374. The van der Waals surface area contributed by atoms with Crippen LogP contribution >= 0.6 is 0 Å². The summed E-state index contributed by atoms with van der Waals surface area (Å²) in [6, 6.07) is 0.198. The van der Waals surface area contributed by atoms with Gasteiger partial charge in [-0.3, -0.25) is 0 Å². The minimum Gasteiger partial charge on any atom is -0.377 e. The zero-order chi connectivity index (χ0) is 10.8. The maximum Gasteiger partial charge on any atom is 0.0829 e. The van der Waals surface area contributed by atoms with Crippen molar-refractivity contribution in [1.82, 2.24) is 0 Å². The summed E-state index contributed by atoms with van der Waals surface area (Å²) >= 11 is 0. The second-order valence-corrected chi connectivity index (χ2v) is 5.45. The molecule has 0 aromatic carbocycles. The van der Waals surface area contributed by atoms with Gasteiger partial charge in [-0.25, -0.2) is 0 Å². The van der Waals surface area contributed by atoms with Crippen LogP contribution in [0.15, 0.2) is 0 Å². The van der Waals surface area contributed by atoms with Crippen molar-refractivity contribution in [2.24, 2.45) is 11.1 Å². The van der Waals surface area contributed by atoms with Crippen LogP contribution in [0.2, 0.25) is 0 Å². The molecule has 0 aromatic rings. The molecule has 1 saturated carbocycles. The first-order valence-corrected chi connectivity index (χ1v) is 5.76. The first kappa shape index (κ1) is 12.0. The molecule has 0 amide bonds. The van der Waals surface area contributed by atoms with Gasteiger partial charge in [-0.05, 0) is 37.5 Å². The van der Waals surface area contributed by atoms with Crippen molar-refractivity contribution < 1.29 is 4.74 Å². The maximum absolute atomic E-state index is 6.16. The average Bonchev–Trinajstić information content (AvgIpc) is 2.18. The Hall–Kier alpha value is -0.0800. The van der Waals surface area contributed by atoms with Gasteiger partial charge in [-0.2, -0.15) is 0 Å². The van der Waals surface area contributed by atoms with Gasteiger partial charge in [0.15, 0.2) is 0 Å². The van der Waals surface area contributed by atoms with Crippen LogP contribution < -0.4 is 5.73 Å². The Balaban J connectivity index is 2.66. The van der Waals surface area contributed by atoms with Crippen molar-refractivity contribution in [2.45, 2.75) is 64.5 Å². The smallest absolute Gasteiger partial charge is 0.0829 e. The van der Waals surface area contributed by atoms with Gasteiger partial charge in [0.05, 0.1) is 5.60 Å². The predicted molar refractivity (Wildman–Crippen MR) is 60.3 cm³/mol. The summed E-state index contributed by atoms with van der Waals surface area (Å²) in [5.41, 5.74) is 6.60. The molecule has 1 fully saturated rings. The lowest BCUT2D eigenvalue weighted by Crippen LogP contribution is -2.52. The zero-order valence-corrected chi connectivity index (χ0v) is 10.1. The van der Waals surface area contributed by atoms with Gasteiger partial charge in [-0.15, -0.1) is 0 Å². The SMILES string of the molecule is CCC(N)C1(OC)CCC(C)(C)CC1. The fraction of sp³-hybridized carbons (Fsp3) is 1.00. The first-order chi connectivity index (χ1) is 6.46. The summed E-state index contributed by atoms with van der Waals surface area (Å²) in [7, 11) is 1.81.